The predicted octanol–water partition coefficient (Wildman–Crippen LogP) is 4.75. The van der Waals surface area contributed by atoms with Crippen LogP contribution in [-0.4, -0.2) is 4.98 Å². The van der Waals surface area contributed by atoms with Crippen LogP contribution in [0.15, 0.2) is 40.8 Å². The van der Waals surface area contributed by atoms with E-state index in [1.807, 2.05) is 0 Å². The fourth-order valence-corrected chi connectivity index (χ4v) is 2.10. The summed E-state index contributed by atoms with van der Waals surface area (Å²) >= 11 is 5.84. The third kappa shape index (κ3) is 2.54. The summed E-state index contributed by atoms with van der Waals surface area (Å²) in [4.78, 5) is 4.13. The molecule has 2 N–H and O–H groups in total. The molecule has 1 aromatic heterocycles. The van der Waals surface area contributed by atoms with Crippen LogP contribution in [-0.2, 0) is 6.18 Å². The van der Waals surface area contributed by atoms with Crippen molar-refractivity contribution in [1.82, 2.24) is 4.98 Å². The zero-order chi connectivity index (χ0) is 15.2. The Morgan fingerprint density at radius 1 is 1.10 bits per heavy atom. The number of aromatic nitrogens is 1. The molecule has 3 nitrogen and oxygen atoms in total. The molecule has 0 amide bonds. The number of anilines is 1. The highest BCUT2D eigenvalue weighted by atomic mass is 35.5. The van der Waals surface area contributed by atoms with Gasteiger partial charge in [-0.3, -0.25) is 0 Å². The molecule has 0 unspecified atom stereocenters. The molecule has 0 aliphatic carbocycles. The Bertz CT molecular complexity index is 827. The summed E-state index contributed by atoms with van der Waals surface area (Å²) in [5, 5.41) is 0.458. The van der Waals surface area contributed by atoms with Gasteiger partial charge in [-0.2, -0.15) is 13.2 Å². The van der Waals surface area contributed by atoms with E-state index in [0.29, 0.717) is 16.1 Å². The minimum Gasteiger partial charge on any atom is -0.436 e. The average Bonchev–Trinajstić information content (AvgIpc) is 2.80. The lowest BCUT2D eigenvalue weighted by atomic mass is 10.1. The molecule has 0 saturated heterocycles. The Kier molecular flexibility index (Phi) is 3.06. The van der Waals surface area contributed by atoms with Gasteiger partial charge in [0, 0.05) is 10.7 Å². The van der Waals surface area contributed by atoms with Crippen molar-refractivity contribution in [1.29, 1.82) is 0 Å². The number of nitrogens with two attached hydrogens (primary N) is 1. The minimum atomic E-state index is -4.46. The van der Waals surface area contributed by atoms with Crippen LogP contribution in [0.4, 0.5) is 18.9 Å². The molecule has 0 bridgehead atoms. The number of nitrogens with zero attached hydrogens (tertiary/aromatic N) is 1. The Hall–Kier alpha value is -2.21. The number of halogens is 4. The maximum Gasteiger partial charge on any atom is 0.416 e. The Morgan fingerprint density at radius 2 is 1.86 bits per heavy atom. The molecular formula is C14H8ClF3N2O. The third-order valence-electron chi connectivity index (χ3n) is 2.96. The van der Waals surface area contributed by atoms with E-state index in [-0.39, 0.29) is 17.1 Å². The van der Waals surface area contributed by atoms with Crippen LogP contribution < -0.4 is 5.73 Å². The van der Waals surface area contributed by atoms with Crippen LogP contribution in [0.1, 0.15) is 5.56 Å². The fourth-order valence-electron chi connectivity index (χ4n) is 1.93. The maximum absolute atomic E-state index is 12.8. The van der Waals surface area contributed by atoms with Gasteiger partial charge in [0.1, 0.15) is 5.52 Å². The van der Waals surface area contributed by atoms with Crippen molar-refractivity contribution in [2.24, 2.45) is 0 Å². The molecule has 1 heterocycles. The Balaban J connectivity index is 2.17. The summed E-state index contributed by atoms with van der Waals surface area (Å²) in [5.74, 6) is 0.0240. The van der Waals surface area contributed by atoms with Crippen LogP contribution in [0.2, 0.25) is 5.02 Å². The van der Waals surface area contributed by atoms with Crippen LogP contribution >= 0.6 is 11.6 Å². The molecule has 3 rings (SSSR count). The van der Waals surface area contributed by atoms with Crippen molar-refractivity contribution >= 4 is 28.4 Å². The number of nitrogen functional groups attached to an aromatic ring is 1. The lowest BCUT2D eigenvalue weighted by molar-refractivity contribution is -0.137. The van der Waals surface area contributed by atoms with Crippen LogP contribution in [0, 0.1) is 0 Å². The fraction of sp³-hybridized carbons (Fsp3) is 0.0714. The van der Waals surface area contributed by atoms with Crippen LogP contribution in [0.25, 0.3) is 22.6 Å². The summed E-state index contributed by atoms with van der Waals surface area (Å²) in [6.45, 7) is 0. The second kappa shape index (κ2) is 4.66. The van der Waals surface area contributed by atoms with E-state index in [1.165, 1.54) is 6.07 Å². The summed E-state index contributed by atoms with van der Waals surface area (Å²) in [5.41, 5.74) is 6.03. The standard InChI is InChI=1S/C14H8ClF3N2O/c15-8-2-4-12-11(6-8)20-13(21-12)9-5-7(14(16,17)18)1-3-10(9)19/h1-6H,19H2. The van der Waals surface area contributed by atoms with Gasteiger partial charge in [-0.1, -0.05) is 11.6 Å². The quantitative estimate of drug-likeness (QED) is 0.660. The van der Waals surface area contributed by atoms with Crippen molar-refractivity contribution in [3.63, 3.8) is 0 Å². The molecule has 21 heavy (non-hydrogen) atoms. The first kappa shape index (κ1) is 13.8. The van der Waals surface area contributed by atoms with Gasteiger partial charge >= 0.3 is 6.18 Å². The summed E-state index contributed by atoms with van der Waals surface area (Å²) in [6.07, 6.45) is -4.46. The van der Waals surface area contributed by atoms with Gasteiger partial charge < -0.3 is 10.2 Å². The number of oxazole rings is 1. The highest BCUT2D eigenvalue weighted by Crippen LogP contribution is 2.36. The Labute approximate surface area is 122 Å². The van der Waals surface area contributed by atoms with Gasteiger partial charge in [0.25, 0.3) is 0 Å². The smallest absolute Gasteiger partial charge is 0.416 e. The van der Waals surface area contributed by atoms with E-state index < -0.39 is 11.7 Å². The van der Waals surface area contributed by atoms with Crippen molar-refractivity contribution < 1.29 is 17.6 Å². The number of alkyl halides is 3. The lowest BCUT2D eigenvalue weighted by Gasteiger charge is -2.09. The summed E-state index contributed by atoms with van der Waals surface area (Å²) in [7, 11) is 0. The van der Waals surface area contributed by atoms with Gasteiger partial charge in [0.05, 0.1) is 11.1 Å². The number of benzene rings is 2. The third-order valence-corrected chi connectivity index (χ3v) is 3.20. The van der Waals surface area contributed by atoms with Crippen molar-refractivity contribution in [2.75, 3.05) is 5.73 Å². The van der Waals surface area contributed by atoms with Crippen molar-refractivity contribution in [2.45, 2.75) is 6.18 Å². The first-order valence-electron chi connectivity index (χ1n) is 5.88. The van der Waals surface area contributed by atoms with E-state index in [9.17, 15) is 13.2 Å². The molecule has 0 aliphatic heterocycles. The predicted molar refractivity (Wildman–Crippen MR) is 73.9 cm³/mol. The van der Waals surface area contributed by atoms with Crippen molar-refractivity contribution in [3.8, 4) is 11.5 Å². The highest BCUT2D eigenvalue weighted by molar-refractivity contribution is 6.31. The van der Waals surface area contributed by atoms with E-state index in [1.54, 1.807) is 18.2 Å². The summed E-state index contributed by atoms with van der Waals surface area (Å²) < 4.78 is 43.7. The van der Waals surface area contributed by atoms with Crippen molar-refractivity contribution in [3.05, 3.63) is 47.0 Å². The molecule has 0 saturated carbocycles. The topological polar surface area (TPSA) is 52.0 Å². The molecule has 0 spiro atoms. The molecule has 0 fully saturated rings. The van der Waals surface area contributed by atoms with Crippen LogP contribution in [0.3, 0.4) is 0 Å². The lowest BCUT2D eigenvalue weighted by Crippen LogP contribution is -2.05. The number of hydrogen-bond donors (Lipinski definition) is 1. The normalized spacial score (nSPS) is 12.0. The molecular weight excluding hydrogens is 305 g/mol. The second-order valence-electron chi connectivity index (χ2n) is 4.43. The van der Waals surface area contributed by atoms with Gasteiger partial charge in [0.15, 0.2) is 5.58 Å². The number of rotatable bonds is 1. The SMILES string of the molecule is Nc1ccc(C(F)(F)F)cc1-c1nc2cc(Cl)ccc2o1. The zero-order valence-corrected chi connectivity index (χ0v) is 11.2. The van der Waals surface area contributed by atoms with Gasteiger partial charge in [-0.25, -0.2) is 4.98 Å². The molecule has 2 aromatic carbocycles. The molecule has 0 aliphatic rings. The summed E-state index contributed by atoms with van der Waals surface area (Å²) in [6, 6.07) is 7.78. The first-order valence-corrected chi connectivity index (χ1v) is 6.25. The molecule has 7 heteroatoms. The van der Waals surface area contributed by atoms with Gasteiger partial charge in [0.2, 0.25) is 5.89 Å². The first-order chi connectivity index (χ1) is 9.84. The van der Waals surface area contributed by atoms with Gasteiger partial charge in [-0.15, -0.1) is 0 Å². The monoisotopic (exact) mass is 312 g/mol. The number of fused-ring (bicyclic) bond motifs is 1. The molecule has 0 radical (unpaired) electrons. The molecule has 108 valence electrons. The highest BCUT2D eigenvalue weighted by Gasteiger charge is 2.31. The van der Waals surface area contributed by atoms with E-state index in [4.69, 9.17) is 21.8 Å². The maximum atomic E-state index is 12.8. The second-order valence-corrected chi connectivity index (χ2v) is 4.87. The van der Waals surface area contributed by atoms with Crippen LogP contribution in [0.5, 0.6) is 0 Å². The Morgan fingerprint density at radius 3 is 2.57 bits per heavy atom. The van der Waals surface area contributed by atoms with E-state index >= 15 is 0 Å². The molecule has 3 aromatic rings. The largest absolute Gasteiger partial charge is 0.436 e. The average molecular weight is 313 g/mol. The zero-order valence-electron chi connectivity index (χ0n) is 10.4. The van der Waals surface area contributed by atoms with E-state index in [0.717, 1.165) is 12.1 Å². The van der Waals surface area contributed by atoms with E-state index in [2.05, 4.69) is 4.98 Å². The number of hydrogen-bond acceptors (Lipinski definition) is 3. The van der Waals surface area contributed by atoms with Gasteiger partial charge in [-0.05, 0) is 36.4 Å². The molecule has 0 atom stereocenters. The minimum absolute atomic E-state index is 0.0240.